The summed E-state index contributed by atoms with van der Waals surface area (Å²) in [4.78, 5) is 10.8. The van der Waals surface area contributed by atoms with Gasteiger partial charge in [0, 0.05) is 13.3 Å². The number of fused-ring (bicyclic) bond motifs is 1. The van der Waals surface area contributed by atoms with E-state index >= 15 is 0 Å². The Kier molecular flexibility index (Phi) is 2.39. The van der Waals surface area contributed by atoms with Crippen molar-refractivity contribution in [3.05, 3.63) is 29.8 Å². The van der Waals surface area contributed by atoms with Crippen LogP contribution in [0.4, 0.5) is 0 Å². The van der Waals surface area contributed by atoms with Crippen LogP contribution in [0.25, 0.3) is 0 Å². The predicted molar refractivity (Wildman–Crippen MR) is 53.0 cm³/mol. The van der Waals surface area contributed by atoms with Crippen molar-refractivity contribution in [2.24, 2.45) is 0 Å². The summed E-state index contributed by atoms with van der Waals surface area (Å²) in [6, 6.07) is 7.93. The first-order chi connectivity index (χ1) is 6.75. The lowest BCUT2D eigenvalue weighted by Gasteiger charge is -2.26. The van der Waals surface area contributed by atoms with Crippen molar-refractivity contribution in [3.8, 4) is 5.75 Å². The number of aryl methyl sites for hydroxylation is 1. The number of carbonyl (C=O) groups is 1. The van der Waals surface area contributed by atoms with Crippen LogP contribution in [0.5, 0.6) is 5.75 Å². The SMILES string of the molecule is CC(=O)NC1CCc2ccccc2O1. The summed E-state index contributed by atoms with van der Waals surface area (Å²) in [5, 5.41) is 2.76. The van der Waals surface area contributed by atoms with Crippen LogP contribution in [0.1, 0.15) is 18.9 Å². The third-order valence-electron chi connectivity index (χ3n) is 2.28. The molecule has 0 saturated heterocycles. The van der Waals surface area contributed by atoms with E-state index in [1.54, 1.807) is 0 Å². The molecule has 0 saturated carbocycles. The molecule has 1 aromatic carbocycles. The number of amides is 1. The molecule has 14 heavy (non-hydrogen) atoms. The molecule has 1 N–H and O–H groups in total. The molecule has 1 heterocycles. The van der Waals surface area contributed by atoms with E-state index in [0.717, 1.165) is 18.6 Å². The fourth-order valence-corrected chi connectivity index (χ4v) is 1.65. The van der Waals surface area contributed by atoms with E-state index in [1.807, 2.05) is 18.2 Å². The van der Waals surface area contributed by atoms with Gasteiger partial charge in [0.1, 0.15) is 5.75 Å². The number of para-hydroxylation sites is 1. The van der Waals surface area contributed by atoms with Gasteiger partial charge >= 0.3 is 0 Å². The summed E-state index contributed by atoms with van der Waals surface area (Å²) in [7, 11) is 0. The van der Waals surface area contributed by atoms with E-state index in [0.29, 0.717) is 0 Å². The lowest BCUT2D eigenvalue weighted by atomic mass is 10.1. The smallest absolute Gasteiger partial charge is 0.219 e. The van der Waals surface area contributed by atoms with Gasteiger partial charge in [-0.15, -0.1) is 0 Å². The van der Waals surface area contributed by atoms with Crippen molar-refractivity contribution < 1.29 is 9.53 Å². The monoisotopic (exact) mass is 191 g/mol. The van der Waals surface area contributed by atoms with Gasteiger partial charge in [-0.1, -0.05) is 18.2 Å². The number of rotatable bonds is 1. The molecule has 1 aliphatic rings. The van der Waals surface area contributed by atoms with E-state index in [1.165, 1.54) is 12.5 Å². The summed E-state index contributed by atoms with van der Waals surface area (Å²) < 4.78 is 5.61. The Hall–Kier alpha value is -1.51. The maximum Gasteiger partial charge on any atom is 0.219 e. The maximum atomic E-state index is 10.8. The minimum Gasteiger partial charge on any atom is -0.470 e. The number of hydrogen-bond acceptors (Lipinski definition) is 2. The van der Waals surface area contributed by atoms with Gasteiger partial charge in [-0.05, 0) is 18.1 Å². The van der Waals surface area contributed by atoms with E-state index in [9.17, 15) is 4.79 Å². The van der Waals surface area contributed by atoms with Gasteiger partial charge in [0.2, 0.25) is 5.91 Å². The van der Waals surface area contributed by atoms with Crippen LogP contribution in [0.3, 0.4) is 0 Å². The van der Waals surface area contributed by atoms with Gasteiger partial charge in [0.25, 0.3) is 0 Å². The normalized spacial score (nSPS) is 19.4. The highest BCUT2D eigenvalue weighted by atomic mass is 16.5. The van der Waals surface area contributed by atoms with Crippen LogP contribution in [0, 0.1) is 0 Å². The Balaban J connectivity index is 2.09. The molecule has 0 spiro atoms. The molecule has 1 aromatic rings. The number of benzene rings is 1. The fraction of sp³-hybridized carbons (Fsp3) is 0.364. The number of hydrogen-bond donors (Lipinski definition) is 1. The highest BCUT2D eigenvalue weighted by Crippen LogP contribution is 2.25. The van der Waals surface area contributed by atoms with Crippen LogP contribution >= 0.6 is 0 Å². The third kappa shape index (κ3) is 1.87. The number of carbonyl (C=O) groups excluding carboxylic acids is 1. The third-order valence-corrected chi connectivity index (χ3v) is 2.28. The van der Waals surface area contributed by atoms with Crippen molar-refractivity contribution in [3.63, 3.8) is 0 Å². The van der Waals surface area contributed by atoms with Crippen molar-refractivity contribution in [1.29, 1.82) is 0 Å². The molecule has 0 aromatic heterocycles. The Bertz CT molecular complexity index is 349. The minimum absolute atomic E-state index is 0.0469. The number of ether oxygens (including phenoxy) is 1. The first kappa shape index (κ1) is 9.06. The molecule has 3 heteroatoms. The molecule has 1 unspecified atom stereocenters. The van der Waals surface area contributed by atoms with Gasteiger partial charge in [-0.2, -0.15) is 0 Å². The zero-order chi connectivity index (χ0) is 9.97. The Morgan fingerprint density at radius 3 is 3.07 bits per heavy atom. The second kappa shape index (κ2) is 3.70. The molecule has 0 bridgehead atoms. The van der Waals surface area contributed by atoms with E-state index < -0.39 is 0 Å². The summed E-state index contributed by atoms with van der Waals surface area (Å²) in [6.45, 7) is 1.50. The minimum atomic E-state index is -0.164. The Morgan fingerprint density at radius 2 is 2.29 bits per heavy atom. The molecule has 3 nitrogen and oxygen atoms in total. The Morgan fingerprint density at radius 1 is 1.50 bits per heavy atom. The van der Waals surface area contributed by atoms with Crippen LogP contribution in [0.2, 0.25) is 0 Å². The molecule has 1 amide bonds. The van der Waals surface area contributed by atoms with Crippen molar-refractivity contribution in [2.75, 3.05) is 0 Å². The number of nitrogens with one attached hydrogen (secondary N) is 1. The lowest BCUT2D eigenvalue weighted by molar-refractivity contribution is -0.121. The molecule has 0 radical (unpaired) electrons. The molecule has 1 aliphatic heterocycles. The summed E-state index contributed by atoms with van der Waals surface area (Å²) >= 11 is 0. The van der Waals surface area contributed by atoms with Crippen LogP contribution in [0.15, 0.2) is 24.3 Å². The van der Waals surface area contributed by atoms with Crippen molar-refractivity contribution >= 4 is 5.91 Å². The van der Waals surface area contributed by atoms with Gasteiger partial charge in [-0.3, -0.25) is 4.79 Å². The second-order valence-corrected chi connectivity index (χ2v) is 3.45. The molecule has 74 valence electrons. The lowest BCUT2D eigenvalue weighted by Crippen LogP contribution is -2.39. The quantitative estimate of drug-likeness (QED) is 0.730. The van der Waals surface area contributed by atoms with E-state index in [4.69, 9.17) is 4.74 Å². The van der Waals surface area contributed by atoms with Crippen molar-refractivity contribution in [2.45, 2.75) is 26.0 Å². The van der Waals surface area contributed by atoms with E-state index in [2.05, 4.69) is 11.4 Å². The van der Waals surface area contributed by atoms with Crippen LogP contribution < -0.4 is 10.1 Å². The molecule has 0 fully saturated rings. The first-order valence-corrected chi connectivity index (χ1v) is 4.77. The molecular weight excluding hydrogens is 178 g/mol. The highest BCUT2D eigenvalue weighted by molar-refractivity contribution is 5.73. The summed E-state index contributed by atoms with van der Waals surface area (Å²) in [5.41, 5.74) is 1.22. The molecular formula is C11H13NO2. The molecule has 2 rings (SSSR count). The average Bonchev–Trinajstić information content (AvgIpc) is 2.17. The van der Waals surface area contributed by atoms with Gasteiger partial charge in [-0.25, -0.2) is 0 Å². The Labute approximate surface area is 83.1 Å². The summed E-state index contributed by atoms with van der Waals surface area (Å²) in [5.74, 6) is 0.840. The second-order valence-electron chi connectivity index (χ2n) is 3.45. The molecule has 1 atom stereocenters. The zero-order valence-corrected chi connectivity index (χ0v) is 8.12. The predicted octanol–water partition coefficient (Wildman–Crippen LogP) is 1.47. The van der Waals surface area contributed by atoms with Crippen LogP contribution in [-0.2, 0) is 11.2 Å². The molecule has 0 aliphatic carbocycles. The van der Waals surface area contributed by atoms with Crippen molar-refractivity contribution in [1.82, 2.24) is 5.32 Å². The maximum absolute atomic E-state index is 10.8. The van der Waals surface area contributed by atoms with E-state index in [-0.39, 0.29) is 12.1 Å². The first-order valence-electron chi connectivity index (χ1n) is 4.77. The largest absolute Gasteiger partial charge is 0.470 e. The van der Waals surface area contributed by atoms with Crippen LogP contribution in [-0.4, -0.2) is 12.1 Å². The average molecular weight is 191 g/mol. The fourth-order valence-electron chi connectivity index (χ4n) is 1.65. The van der Waals surface area contributed by atoms with Gasteiger partial charge in [0.15, 0.2) is 6.23 Å². The topological polar surface area (TPSA) is 38.3 Å². The summed E-state index contributed by atoms with van der Waals surface area (Å²) in [6.07, 6.45) is 1.64. The van der Waals surface area contributed by atoms with Gasteiger partial charge < -0.3 is 10.1 Å². The highest BCUT2D eigenvalue weighted by Gasteiger charge is 2.19. The van der Waals surface area contributed by atoms with Gasteiger partial charge in [0.05, 0.1) is 0 Å². The standard InChI is InChI=1S/C11H13NO2/c1-8(13)12-11-7-6-9-4-2-3-5-10(9)14-11/h2-5,11H,6-7H2,1H3,(H,12,13). The zero-order valence-electron chi connectivity index (χ0n) is 8.12.